The normalized spacial score (nSPS) is 22.6. The molecule has 312 valence electrons. The summed E-state index contributed by atoms with van der Waals surface area (Å²) in [5.41, 5.74) is 3.39. The number of hydrogen-bond acceptors (Lipinski definition) is 10. The molecule has 0 radical (unpaired) electrons. The van der Waals surface area contributed by atoms with Gasteiger partial charge in [-0.05, 0) is 84.8 Å². The smallest absolute Gasteiger partial charge is 0.410 e. The second kappa shape index (κ2) is 17.0. The molecule has 2 aliphatic carbocycles. The molecule has 15 nitrogen and oxygen atoms in total. The van der Waals surface area contributed by atoms with Gasteiger partial charge in [0.15, 0.2) is 0 Å². The Morgan fingerprint density at radius 2 is 1.77 bits per heavy atom. The Morgan fingerprint density at radius 3 is 2.30 bits per heavy atom. The summed E-state index contributed by atoms with van der Waals surface area (Å²) in [5, 5.41) is 2.03. The summed E-state index contributed by atoms with van der Waals surface area (Å²) in [6.45, 7) is 14.6. The van der Waals surface area contributed by atoms with Crippen molar-refractivity contribution in [3.05, 3.63) is 47.8 Å². The highest BCUT2D eigenvalue weighted by Gasteiger charge is 2.62. The molecule has 0 spiro atoms. The number of sulfonamides is 1. The highest BCUT2D eigenvalue weighted by atomic mass is 32.2. The molecule has 5 amide bonds. The Hall–Kier alpha value is -4.98. The number of nitrogens with two attached hydrogens (primary N) is 1. The maximum absolute atomic E-state index is 14.3. The van der Waals surface area contributed by atoms with Gasteiger partial charge in [0.2, 0.25) is 27.6 Å². The number of nitrogens with zero attached hydrogens (tertiary/aromatic N) is 2. The lowest BCUT2D eigenvalue weighted by atomic mass is 9.97. The van der Waals surface area contributed by atoms with Crippen molar-refractivity contribution in [2.45, 2.75) is 128 Å². The molecule has 2 aliphatic heterocycles. The topological polar surface area (TPSA) is 212 Å². The Labute approximate surface area is 331 Å². The van der Waals surface area contributed by atoms with Crippen LogP contribution in [-0.2, 0) is 51.8 Å². The van der Waals surface area contributed by atoms with E-state index < -0.39 is 80.2 Å². The SMILES string of the molecule is C=C[C@@H]1C[C@]1(NC(=O)[C@@H]1CC(OC(=O)N2Cc3cccc(F)c3C2)CN1C(=O)CCCC(=O)C#CC(C)(C)C)C(=O)NS(=O)(=O)C1CC1.CC(C)(C)OC(N)=O.[HH].[HH].[HH]. The predicted molar refractivity (Wildman–Crippen MR) is 208 cm³/mol. The van der Waals surface area contributed by atoms with Gasteiger partial charge in [-0.1, -0.05) is 24.1 Å². The van der Waals surface area contributed by atoms with Crippen molar-refractivity contribution in [1.82, 2.24) is 19.8 Å². The Bertz CT molecular complexity index is 1940. The minimum atomic E-state index is -3.90. The fraction of sp³-hybridized carbons (Fsp3) is 0.590. The number of fused-ring (bicyclic) bond motifs is 1. The molecule has 4 N–H and O–H groups in total. The lowest BCUT2D eigenvalue weighted by Crippen LogP contribution is -2.56. The Kier molecular flexibility index (Phi) is 13.3. The van der Waals surface area contributed by atoms with Gasteiger partial charge < -0.3 is 25.4 Å². The van der Waals surface area contributed by atoms with E-state index in [1.807, 2.05) is 20.8 Å². The zero-order valence-corrected chi connectivity index (χ0v) is 33.6. The Balaban J connectivity index is 0.00000144. The average molecular weight is 808 g/mol. The van der Waals surface area contributed by atoms with Gasteiger partial charge in [-0.25, -0.2) is 22.4 Å². The first-order chi connectivity index (χ1) is 25.9. The minimum absolute atomic E-state index is 0. The standard InChI is InChI=1S/C34H41FN4O8S.C5H11NO2.3H2/c1-5-22-17-34(22,31(43)37-48(45,46)25-12-13-25)36-30(42)28-16-24(47-32(44)38-18-21-8-6-10-27(35)26(21)20-38)19-39(28)29(41)11-7-9-23(40)14-15-33(2,3)4;1-5(2,3)8-4(6)7;;;/h5-6,8,10,22,24-25,28H,1,7,9,11-13,16-20H2,2-4H3,(H,36,42)(H,37,43);1-3H3,(H2,6,7);3*1H/t22-,24?,28+,34-;;;;/m1..../s1. The molecular formula is C39H58FN5O10S. The number of halogens is 1. The molecular weight excluding hydrogens is 750 g/mol. The van der Waals surface area contributed by atoms with Crippen molar-refractivity contribution in [2.75, 3.05) is 6.54 Å². The molecule has 2 saturated carbocycles. The van der Waals surface area contributed by atoms with Gasteiger partial charge in [-0.15, -0.1) is 6.58 Å². The second-order valence-electron chi connectivity index (χ2n) is 16.5. The highest BCUT2D eigenvalue weighted by Crippen LogP contribution is 2.45. The molecule has 1 unspecified atom stereocenters. The third-order valence-electron chi connectivity index (χ3n) is 9.36. The monoisotopic (exact) mass is 807 g/mol. The number of Topliss-reactive ketones (excluding diaryl/α,β-unsaturated/α-hetero) is 1. The summed E-state index contributed by atoms with van der Waals surface area (Å²) >= 11 is 0. The number of rotatable bonds is 11. The molecule has 4 atom stereocenters. The molecule has 0 bridgehead atoms. The van der Waals surface area contributed by atoms with Crippen LogP contribution in [0.15, 0.2) is 30.9 Å². The fourth-order valence-electron chi connectivity index (χ4n) is 6.32. The number of hydrogen-bond donors (Lipinski definition) is 3. The minimum Gasteiger partial charge on any atom is -0.444 e. The van der Waals surface area contributed by atoms with Crippen LogP contribution in [0.4, 0.5) is 14.0 Å². The third kappa shape index (κ3) is 11.8. The van der Waals surface area contributed by atoms with Crippen molar-refractivity contribution < 1.29 is 55.3 Å². The van der Waals surface area contributed by atoms with Crippen LogP contribution in [0.1, 0.15) is 102 Å². The van der Waals surface area contributed by atoms with Crippen LogP contribution < -0.4 is 15.8 Å². The average Bonchev–Trinajstić information content (AvgIpc) is 3.97. The van der Waals surface area contributed by atoms with E-state index in [0.29, 0.717) is 24.0 Å². The number of likely N-dealkylation sites (tertiary alicyclic amines) is 1. The van der Waals surface area contributed by atoms with Crippen LogP contribution in [0.25, 0.3) is 0 Å². The molecule has 56 heavy (non-hydrogen) atoms. The van der Waals surface area contributed by atoms with Crippen LogP contribution in [0, 0.1) is 29.0 Å². The van der Waals surface area contributed by atoms with Gasteiger partial charge in [0.25, 0.3) is 5.91 Å². The molecule has 3 fully saturated rings. The van der Waals surface area contributed by atoms with E-state index in [9.17, 15) is 41.6 Å². The molecule has 0 aromatic heterocycles. The Morgan fingerprint density at radius 1 is 1.09 bits per heavy atom. The first-order valence-corrected chi connectivity index (χ1v) is 20.1. The van der Waals surface area contributed by atoms with Crippen LogP contribution in [0.2, 0.25) is 0 Å². The van der Waals surface area contributed by atoms with Gasteiger partial charge in [0.1, 0.15) is 29.1 Å². The molecule has 1 aromatic carbocycles. The highest BCUT2D eigenvalue weighted by molar-refractivity contribution is 7.91. The zero-order valence-electron chi connectivity index (χ0n) is 32.7. The number of ether oxygens (including phenoxy) is 2. The summed E-state index contributed by atoms with van der Waals surface area (Å²) in [5.74, 6) is 2.11. The number of carbonyl (C=O) groups excluding carboxylic acids is 6. The summed E-state index contributed by atoms with van der Waals surface area (Å²) in [6, 6.07) is 3.43. The van der Waals surface area contributed by atoms with Crippen molar-refractivity contribution in [3.8, 4) is 11.8 Å². The first kappa shape index (κ1) is 43.7. The lowest BCUT2D eigenvalue weighted by molar-refractivity contribution is -0.139. The van der Waals surface area contributed by atoms with Gasteiger partial charge in [0, 0.05) is 47.0 Å². The van der Waals surface area contributed by atoms with Gasteiger partial charge >= 0.3 is 12.2 Å². The zero-order chi connectivity index (χ0) is 41.8. The summed E-state index contributed by atoms with van der Waals surface area (Å²) < 4.78 is 51.7. The third-order valence-corrected chi connectivity index (χ3v) is 11.2. The number of benzene rings is 1. The number of primary amides is 1. The number of nitrogens with one attached hydrogen (secondary N) is 2. The van der Waals surface area contributed by atoms with Crippen LogP contribution >= 0.6 is 0 Å². The first-order valence-electron chi connectivity index (χ1n) is 18.5. The van der Waals surface area contributed by atoms with E-state index in [4.69, 9.17) is 10.5 Å². The van der Waals surface area contributed by atoms with Crippen molar-refractivity contribution in [2.24, 2.45) is 17.1 Å². The van der Waals surface area contributed by atoms with Crippen LogP contribution in [-0.4, -0.2) is 89.0 Å². The van der Waals surface area contributed by atoms with Crippen molar-refractivity contribution in [3.63, 3.8) is 0 Å². The number of amides is 5. The number of ketones is 1. The summed E-state index contributed by atoms with van der Waals surface area (Å²) in [7, 11) is -3.90. The van der Waals surface area contributed by atoms with Crippen molar-refractivity contribution >= 4 is 45.7 Å². The van der Waals surface area contributed by atoms with E-state index in [1.54, 1.807) is 32.9 Å². The lowest BCUT2D eigenvalue weighted by Gasteiger charge is -2.26. The summed E-state index contributed by atoms with van der Waals surface area (Å²) in [4.78, 5) is 78.5. The second-order valence-corrected chi connectivity index (χ2v) is 18.5. The van der Waals surface area contributed by atoms with Gasteiger partial charge in [-0.2, -0.15) is 0 Å². The van der Waals surface area contributed by atoms with Crippen LogP contribution in [0.3, 0.4) is 0 Å². The predicted octanol–water partition coefficient (Wildman–Crippen LogP) is 4.32. The molecule has 1 saturated heterocycles. The van der Waals surface area contributed by atoms with Gasteiger partial charge in [0.05, 0.1) is 18.3 Å². The van der Waals surface area contributed by atoms with E-state index >= 15 is 0 Å². The van der Waals surface area contributed by atoms with Crippen molar-refractivity contribution in [1.29, 1.82) is 0 Å². The summed E-state index contributed by atoms with van der Waals surface area (Å²) in [6.07, 6.45) is 0.133. The van der Waals surface area contributed by atoms with Crippen LogP contribution in [0.5, 0.6) is 0 Å². The number of carbonyl (C=O) groups is 6. The van der Waals surface area contributed by atoms with Gasteiger partial charge in [-0.3, -0.25) is 28.8 Å². The maximum atomic E-state index is 14.3. The van der Waals surface area contributed by atoms with E-state index in [-0.39, 0.29) is 67.2 Å². The molecule has 4 aliphatic rings. The fourth-order valence-corrected chi connectivity index (χ4v) is 7.68. The largest absolute Gasteiger partial charge is 0.444 e. The van der Waals surface area contributed by atoms with E-state index in [2.05, 4.69) is 33.2 Å². The molecule has 17 heteroatoms. The van der Waals surface area contributed by atoms with E-state index in [0.717, 1.165) is 0 Å². The molecule has 2 heterocycles. The quantitative estimate of drug-likeness (QED) is 0.164. The molecule has 5 rings (SSSR count). The van der Waals surface area contributed by atoms with E-state index in [1.165, 1.54) is 21.9 Å². The maximum Gasteiger partial charge on any atom is 0.410 e. The molecule has 1 aromatic rings.